The van der Waals surface area contributed by atoms with Crippen molar-refractivity contribution in [1.82, 2.24) is 14.5 Å². The zero-order valence-corrected chi connectivity index (χ0v) is 20.9. The number of nitrogens with zero attached hydrogens (tertiary/aromatic N) is 4. The van der Waals surface area contributed by atoms with Crippen molar-refractivity contribution in [3.05, 3.63) is 65.7 Å². The largest absolute Gasteiger partial charge is 0.490 e. The van der Waals surface area contributed by atoms with Gasteiger partial charge in [0.2, 0.25) is 0 Å². The zero-order chi connectivity index (χ0) is 24.1. The monoisotopic (exact) mass is 478 g/mol. The lowest BCUT2D eigenvalue weighted by Gasteiger charge is -2.21. The number of imidazole rings is 1. The highest BCUT2D eigenvalue weighted by atomic mass is 32.1. The van der Waals surface area contributed by atoms with Gasteiger partial charge in [-0.1, -0.05) is 23.5 Å². The molecule has 0 spiro atoms. The predicted molar refractivity (Wildman–Crippen MR) is 136 cm³/mol. The molecule has 34 heavy (non-hydrogen) atoms. The fourth-order valence-electron chi connectivity index (χ4n) is 3.82. The molecule has 2 aromatic heterocycles. The molecule has 0 unspecified atom stereocenters. The Bertz CT molecular complexity index is 1230. The maximum Gasteiger partial charge on any atom is 0.260 e. The minimum atomic E-state index is -0.107. The summed E-state index contributed by atoms with van der Waals surface area (Å²) < 4.78 is 14.6. The third kappa shape index (κ3) is 5.07. The molecule has 2 heterocycles. The number of fused-ring (bicyclic) bond motifs is 1. The number of aromatic nitrogens is 3. The van der Waals surface area contributed by atoms with E-state index in [1.807, 2.05) is 24.6 Å². The van der Waals surface area contributed by atoms with Crippen molar-refractivity contribution in [1.29, 1.82) is 0 Å². The summed E-state index contributed by atoms with van der Waals surface area (Å²) in [6, 6.07) is 9.54. The lowest BCUT2D eigenvalue weighted by atomic mass is 10.1. The molecule has 0 saturated heterocycles. The second-order valence-electron chi connectivity index (χ2n) is 8.01. The number of aryl methyl sites for hydroxylation is 3. The van der Waals surface area contributed by atoms with E-state index in [0.29, 0.717) is 42.0 Å². The molecule has 8 heteroatoms. The summed E-state index contributed by atoms with van der Waals surface area (Å²) in [6.07, 6.45) is 6.25. The summed E-state index contributed by atoms with van der Waals surface area (Å²) in [4.78, 5) is 24.6. The van der Waals surface area contributed by atoms with E-state index in [4.69, 9.17) is 14.5 Å². The minimum absolute atomic E-state index is 0.107. The molecule has 0 bridgehead atoms. The van der Waals surface area contributed by atoms with E-state index in [1.54, 1.807) is 47.0 Å². The van der Waals surface area contributed by atoms with Crippen LogP contribution in [-0.2, 0) is 6.54 Å². The van der Waals surface area contributed by atoms with Gasteiger partial charge in [0.15, 0.2) is 16.6 Å². The van der Waals surface area contributed by atoms with Crippen LogP contribution in [-0.4, -0.2) is 40.2 Å². The van der Waals surface area contributed by atoms with Crippen LogP contribution in [0.15, 0.2) is 49.1 Å². The first-order valence-electron chi connectivity index (χ1n) is 11.6. The number of rotatable bonds is 10. The van der Waals surface area contributed by atoms with Crippen molar-refractivity contribution in [2.24, 2.45) is 0 Å². The van der Waals surface area contributed by atoms with Crippen molar-refractivity contribution in [2.45, 2.75) is 40.7 Å². The minimum Gasteiger partial charge on any atom is -0.490 e. The number of hydrogen-bond acceptors (Lipinski definition) is 6. The Morgan fingerprint density at radius 3 is 2.53 bits per heavy atom. The normalized spacial score (nSPS) is 11.1. The third-order valence-corrected chi connectivity index (χ3v) is 6.77. The first kappa shape index (κ1) is 23.8. The number of anilines is 1. The van der Waals surface area contributed by atoms with E-state index in [0.717, 1.165) is 34.3 Å². The Balaban J connectivity index is 1.68. The molecule has 2 aromatic carbocycles. The van der Waals surface area contributed by atoms with Gasteiger partial charge in [0.1, 0.15) is 0 Å². The van der Waals surface area contributed by atoms with Gasteiger partial charge in [0, 0.05) is 31.0 Å². The molecule has 0 fully saturated rings. The fourth-order valence-corrected chi connectivity index (χ4v) is 4.95. The van der Waals surface area contributed by atoms with Crippen molar-refractivity contribution in [2.75, 3.05) is 24.7 Å². The third-order valence-electron chi connectivity index (χ3n) is 5.55. The number of benzene rings is 2. The van der Waals surface area contributed by atoms with Gasteiger partial charge in [-0.2, -0.15) is 0 Å². The number of thiazole rings is 1. The van der Waals surface area contributed by atoms with Gasteiger partial charge in [-0.3, -0.25) is 9.69 Å². The Morgan fingerprint density at radius 1 is 1.06 bits per heavy atom. The quantitative estimate of drug-likeness (QED) is 0.295. The van der Waals surface area contributed by atoms with Gasteiger partial charge < -0.3 is 14.0 Å². The van der Waals surface area contributed by atoms with Crippen LogP contribution in [0.3, 0.4) is 0 Å². The van der Waals surface area contributed by atoms with Crippen molar-refractivity contribution in [3.63, 3.8) is 0 Å². The summed E-state index contributed by atoms with van der Waals surface area (Å²) in [6.45, 7) is 10.3. The summed E-state index contributed by atoms with van der Waals surface area (Å²) in [7, 11) is 0. The molecule has 0 aliphatic rings. The second-order valence-corrected chi connectivity index (χ2v) is 8.99. The Labute approximate surface area is 204 Å². The highest BCUT2D eigenvalue weighted by Crippen LogP contribution is 2.35. The molecule has 0 N–H and O–H groups in total. The lowest BCUT2D eigenvalue weighted by Crippen LogP contribution is -2.32. The molecule has 0 atom stereocenters. The molecule has 4 aromatic rings. The molecule has 4 rings (SSSR count). The standard InChI is InChI=1S/C26H30N4O3S/c1-5-32-21-11-10-20(16-22(21)33-6-2)25(31)30(14-7-13-29-15-12-27-17-29)26-28-23-18(3)8-9-19(4)24(23)34-26/h8-12,15-17H,5-7,13-14H2,1-4H3. The molecule has 0 aliphatic heterocycles. The summed E-state index contributed by atoms with van der Waals surface area (Å²) in [5.41, 5.74) is 3.76. The highest BCUT2D eigenvalue weighted by molar-refractivity contribution is 7.22. The van der Waals surface area contributed by atoms with E-state index in [9.17, 15) is 4.79 Å². The predicted octanol–water partition coefficient (Wildman–Crippen LogP) is 5.64. The SMILES string of the molecule is CCOc1ccc(C(=O)N(CCCn2ccnc2)c2nc3c(C)ccc(C)c3s2)cc1OCC. The van der Waals surface area contributed by atoms with E-state index < -0.39 is 0 Å². The lowest BCUT2D eigenvalue weighted by molar-refractivity contribution is 0.0985. The zero-order valence-electron chi connectivity index (χ0n) is 20.1. The Kier molecular flexibility index (Phi) is 7.47. The van der Waals surface area contributed by atoms with E-state index in [1.165, 1.54) is 0 Å². The van der Waals surface area contributed by atoms with Gasteiger partial charge in [-0.15, -0.1) is 0 Å². The van der Waals surface area contributed by atoms with Crippen LogP contribution in [0.1, 0.15) is 41.8 Å². The van der Waals surface area contributed by atoms with Gasteiger partial charge in [-0.25, -0.2) is 9.97 Å². The van der Waals surface area contributed by atoms with Gasteiger partial charge >= 0.3 is 0 Å². The molecule has 178 valence electrons. The summed E-state index contributed by atoms with van der Waals surface area (Å²) in [5, 5.41) is 0.704. The van der Waals surface area contributed by atoms with Gasteiger partial charge in [-0.05, 0) is 63.4 Å². The highest BCUT2D eigenvalue weighted by Gasteiger charge is 2.23. The number of hydrogen-bond donors (Lipinski definition) is 0. The van der Waals surface area contributed by atoms with E-state index in [2.05, 4.69) is 31.0 Å². The van der Waals surface area contributed by atoms with Crippen LogP contribution < -0.4 is 14.4 Å². The maximum atomic E-state index is 13.8. The van der Waals surface area contributed by atoms with Gasteiger partial charge in [0.05, 0.1) is 29.8 Å². The van der Waals surface area contributed by atoms with Gasteiger partial charge in [0.25, 0.3) is 5.91 Å². The molecule has 0 radical (unpaired) electrons. The maximum absolute atomic E-state index is 13.8. The van der Waals surface area contributed by atoms with Crippen molar-refractivity contribution >= 4 is 32.6 Å². The van der Waals surface area contributed by atoms with Crippen LogP contribution >= 0.6 is 11.3 Å². The topological polar surface area (TPSA) is 69.5 Å². The summed E-state index contributed by atoms with van der Waals surface area (Å²) in [5.74, 6) is 1.10. The van der Waals surface area contributed by atoms with E-state index >= 15 is 0 Å². The van der Waals surface area contributed by atoms with Crippen LogP contribution in [0.5, 0.6) is 11.5 Å². The Morgan fingerprint density at radius 2 is 1.82 bits per heavy atom. The molecule has 0 saturated carbocycles. The fraction of sp³-hybridized carbons (Fsp3) is 0.346. The first-order chi connectivity index (χ1) is 16.5. The second kappa shape index (κ2) is 10.7. The van der Waals surface area contributed by atoms with Crippen LogP contribution in [0.25, 0.3) is 10.2 Å². The molecule has 1 amide bonds. The smallest absolute Gasteiger partial charge is 0.260 e. The number of ether oxygens (including phenoxy) is 2. The summed E-state index contributed by atoms with van der Waals surface area (Å²) >= 11 is 1.56. The first-order valence-corrected chi connectivity index (χ1v) is 12.4. The molecule has 0 aliphatic carbocycles. The molecular formula is C26H30N4O3S. The number of carbonyl (C=O) groups excluding carboxylic acids is 1. The van der Waals surface area contributed by atoms with Crippen LogP contribution in [0.2, 0.25) is 0 Å². The molecular weight excluding hydrogens is 448 g/mol. The van der Waals surface area contributed by atoms with E-state index in [-0.39, 0.29) is 5.91 Å². The average Bonchev–Trinajstić information content (AvgIpc) is 3.51. The Hall–Kier alpha value is -3.39. The van der Waals surface area contributed by atoms with Crippen molar-refractivity contribution in [3.8, 4) is 11.5 Å². The number of amides is 1. The molecule has 7 nitrogen and oxygen atoms in total. The van der Waals surface area contributed by atoms with Crippen LogP contribution in [0.4, 0.5) is 5.13 Å². The van der Waals surface area contributed by atoms with Crippen LogP contribution in [0, 0.1) is 13.8 Å². The number of carbonyl (C=O) groups is 1. The average molecular weight is 479 g/mol. The van der Waals surface area contributed by atoms with Crippen molar-refractivity contribution < 1.29 is 14.3 Å².